The first-order valence-electron chi connectivity index (χ1n) is 7.10. The van der Waals surface area contributed by atoms with Gasteiger partial charge in [0.2, 0.25) is 0 Å². The van der Waals surface area contributed by atoms with E-state index in [-0.39, 0.29) is 0 Å². The Bertz CT molecular complexity index is 460. The lowest BCUT2D eigenvalue weighted by Crippen LogP contribution is -2.28. The van der Waals surface area contributed by atoms with Crippen LogP contribution >= 0.6 is 0 Å². The third-order valence-corrected chi connectivity index (χ3v) is 3.60. The van der Waals surface area contributed by atoms with Gasteiger partial charge in [-0.3, -0.25) is 5.01 Å². The zero-order chi connectivity index (χ0) is 12.9. The number of rotatable bonds is 2. The number of aliphatic imine (C=N–C) groups is 1. The lowest BCUT2D eigenvalue weighted by Gasteiger charge is -2.23. The van der Waals surface area contributed by atoms with Crippen molar-refractivity contribution in [2.45, 2.75) is 25.7 Å². The number of nitrogens with zero attached hydrogens (tertiary/aromatic N) is 4. The molecule has 0 atom stereocenters. The molecule has 4 heteroatoms. The van der Waals surface area contributed by atoms with Gasteiger partial charge >= 0.3 is 0 Å². The van der Waals surface area contributed by atoms with Crippen LogP contribution in [0.25, 0.3) is 0 Å². The molecule has 0 spiro atoms. The van der Waals surface area contributed by atoms with E-state index in [0.717, 1.165) is 37.6 Å². The van der Waals surface area contributed by atoms with E-state index < -0.39 is 0 Å². The number of amidine groups is 1. The molecule has 1 fully saturated rings. The van der Waals surface area contributed by atoms with E-state index in [2.05, 4.69) is 27.1 Å². The van der Waals surface area contributed by atoms with Crippen LogP contribution in [0.5, 0.6) is 0 Å². The largest absolute Gasteiger partial charge is 0.363 e. The van der Waals surface area contributed by atoms with Gasteiger partial charge in [0.25, 0.3) is 0 Å². The molecule has 19 heavy (non-hydrogen) atoms. The van der Waals surface area contributed by atoms with E-state index in [1.165, 1.54) is 19.3 Å². The van der Waals surface area contributed by atoms with Crippen LogP contribution in [-0.2, 0) is 0 Å². The Morgan fingerprint density at radius 2 is 1.79 bits per heavy atom. The second-order valence-electron chi connectivity index (χ2n) is 5.07. The fourth-order valence-corrected chi connectivity index (χ4v) is 2.50. The average Bonchev–Trinajstić information content (AvgIpc) is 2.96. The summed E-state index contributed by atoms with van der Waals surface area (Å²) in [5, 5.41) is 6.60. The molecule has 0 aliphatic carbocycles. The van der Waals surface area contributed by atoms with Gasteiger partial charge in [-0.25, -0.2) is 4.99 Å². The molecular weight excluding hydrogens is 236 g/mol. The zero-order valence-corrected chi connectivity index (χ0v) is 11.2. The summed E-state index contributed by atoms with van der Waals surface area (Å²) in [4.78, 5) is 6.83. The SMILES string of the molecule is C(=NC1=NN(c2ccccc2)CC1)N1CCCCC1. The molecule has 2 aliphatic heterocycles. The van der Waals surface area contributed by atoms with Gasteiger partial charge in [0.1, 0.15) is 0 Å². The Balaban J connectivity index is 1.61. The molecule has 100 valence electrons. The Hall–Kier alpha value is -1.84. The summed E-state index contributed by atoms with van der Waals surface area (Å²) in [5.41, 5.74) is 1.14. The highest BCUT2D eigenvalue weighted by Crippen LogP contribution is 2.18. The summed E-state index contributed by atoms with van der Waals surface area (Å²) in [6.07, 6.45) is 6.84. The van der Waals surface area contributed by atoms with Gasteiger partial charge in [-0.2, -0.15) is 5.10 Å². The number of hydrogen-bond donors (Lipinski definition) is 0. The monoisotopic (exact) mass is 256 g/mol. The molecule has 0 radical (unpaired) electrons. The van der Waals surface area contributed by atoms with Crippen molar-refractivity contribution >= 4 is 17.9 Å². The molecular formula is C15H20N4. The van der Waals surface area contributed by atoms with Crippen molar-refractivity contribution in [3.63, 3.8) is 0 Å². The van der Waals surface area contributed by atoms with Crippen LogP contribution < -0.4 is 5.01 Å². The third kappa shape index (κ3) is 3.13. The molecule has 0 bridgehead atoms. The van der Waals surface area contributed by atoms with E-state index in [1.54, 1.807) is 0 Å². The number of likely N-dealkylation sites (tertiary alicyclic amines) is 1. The van der Waals surface area contributed by atoms with E-state index in [0.29, 0.717) is 0 Å². The predicted octanol–water partition coefficient (Wildman–Crippen LogP) is 2.72. The number of hydrogen-bond acceptors (Lipinski definition) is 3. The molecule has 4 nitrogen and oxygen atoms in total. The fraction of sp³-hybridized carbons (Fsp3) is 0.467. The van der Waals surface area contributed by atoms with E-state index in [4.69, 9.17) is 0 Å². The minimum atomic E-state index is 0.927. The first kappa shape index (κ1) is 12.2. The second-order valence-corrected chi connectivity index (χ2v) is 5.07. The Morgan fingerprint density at radius 1 is 1.00 bits per heavy atom. The average molecular weight is 256 g/mol. The quantitative estimate of drug-likeness (QED) is 0.602. The first-order chi connectivity index (χ1) is 9.42. The highest BCUT2D eigenvalue weighted by atomic mass is 15.5. The molecule has 3 rings (SSSR count). The van der Waals surface area contributed by atoms with E-state index >= 15 is 0 Å². The maximum Gasteiger partial charge on any atom is 0.152 e. The minimum Gasteiger partial charge on any atom is -0.363 e. The number of anilines is 1. The summed E-state index contributed by atoms with van der Waals surface area (Å²) in [7, 11) is 0. The van der Waals surface area contributed by atoms with Crippen molar-refractivity contribution in [3.8, 4) is 0 Å². The molecule has 0 aromatic heterocycles. The van der Waals surface area contributed by atoms with Crippen molar-refractivity contribution in [2.24, 2.45) is 10.1 Å². The molecule has 0 amide bonds. The zero-order valence-electron chi connectivity index (χ0n) is 11.2. The number of para-hydroxylation sites is 1. The fourth-order valence-electron chi connectivity index (χ4n) is 2.50. The van der Waals surface area contributed by atoms with Crippen LogP contribution in [0.2, 0.25) is 0 Å². The molecule has 0 saturated carbocycles. The van der Waals surface area contributed by atoms with Gasteiger partial charge in [0.15, 0.2) is 5.84 Å². The van der Waals surface area contributed by atoms with Gasteiger partial charge in [0.05, 0.1) is 12.0 Å². The van der Waals surface area contributed by atoms with Crippen LogP contribution in [0.3, 0.4) is 0 Å². The molecule has 1 saturated heterocycles. The van der Waals surface area contributed by atoms with Crippen molar-refractivity contribution < 1.29 is 0 Å². The van der Waals surface area contributed by atoms with Gasteiger partial charge in [-0.1, -0.05) is 18.2 Å². The van der Waals surface area contributed by atoms with Crippen LogP contribution in [0.1, 0.15) is 25.7 Å². The standard InChI is InChI=1S/C15H20N4/c1-3-7-14(8-4-1)19-12-9-15(17-19)16-13-18-10-5-2-6-11-18/h1,3-4,7-8,13H,2,5-6,9-12H2. The van der Waals surface area contributed by atoms with Crippen molar-refractivity contribution in [3.05, 3.63) is 30.3 Å². The van der Waals surface area contributed by atoms with Gasteiger partial charge in [-0.05, 0) is 31.4 Å². The van der Waals surface area contributed by atoms with Gasteiger partial charge in [0, 0.05) is 26.1 Å². The molecule has 2 heterocycles. The van der Waals surface area contributed by atoms with Crippen molar-refractivity contribution in [2.75, 3.05) is 24.6 Å². The molecule has 1 aromatic carbocycles. The summed E-state index contributed by atoms with van der Waals surface area (Å²) >= 11 is 0. The van der Waals surface area contributed by atoms with Gasteiger partial charge in [-0.15, -0.1) is 0 Å². The van der Waals surface area contributed by atoms with Crippen molar-refractivity contribution in [1.29, 1.82) is 0 Å². The molecule has 2 aliphatic rings. The Morgan fingerprint density at radius 3 is 2.58 bits per heavy atom. The Kier molecular flexibility index (Phi) is 3.77. The predicted molar refractivity (Wildman–Crippen MR) is 79.8 cm³/mol. The topological polar surface area (TPSA) is 31.2 Å². The highest BCUT2D eigenvalue weighted by Gasteiger charge is 2.15. The molecule has 1 aromatic rings. The van der Waals surface area contributed by atoms with Crippen LogP contribution in [0.15, 0.2) is 40.4 Å². The maximum atomic E-state index is 4.57. The summed E-state index contributed by atoms with van der Waals surface area (Å²) in [6.45, 7) is 3.20. The minimum absolute atomic E-state index is 0.927. The number of hydrazone groups is 1. The lowest BCUT2D eigenvalue weighted by atomic mass is 10.1. The van der Waals surface area contributed by atoms with Crippen LogP contribution in [0, 0.1) is 0 Å². The van der Waals surface area contributed by atoms with E-state index in [1.807, 2.05) is 29.5 Å². The summed E-state index contributed by atoms with van der Waals surface area (Å²) in [5.74, 6) is 0.939. The van der Waals surface area contributed by atoms with E-state index in [9.17, 15) is 0 Å². The number of piperidine rings is 1. The maximum absolute atomic E-state index is 4.57. The molecule has 0 unspecified atom stereocenters. The molecule has 0 N–H and O–H groups in total. The lowest BCUT2D eigenvalue weighted by molar-refractivity contribution is 0.351. The third-order valence-electron chi connectivity index (χ3n) is 3.60. The van der Waals surface area contributed by atoms with Crippen LogP contribution in [-0.4, -0.2) is 36.7 Å². The smallest absolute Gasteiger partial charge is 0.152 e. The van der Waals surface area contributed by atoms with Crippen LogP contribution in [0.4, 0.5) is 5.69 Å². The normalized spacial score (nSPS) is 20.1. The number of benzene rings is 1. The first-order valence-corrected chi connectivity index (χ1v) is 7.10. The summed E-state index contributed by atoms with van der Waals surface area (Å²) < 4.78 is 0. The summed E-state index contributed by atoms with van der Waals surface area (Å²) in [6, 6.07) is 10.3. The Labute approximate surface area is 114 Å². The van der Waals surface area contributed by atoms with Gasteiger partial charge < -0.3 is 4.90 Å². The highest BCUT2D eigenvalue weighted by molar-refractivity contribution is 5.91. The van der Waals surface area contributed by atoms with Crippen molar-refractivity contribution in [1.82, 2.24) is 4.90 Å². The second kappa shape index (κ2) is 5.87.